The van der Waals surface area contributed by atoms with Gasteiger partial charge in [-0.1, -0.05) is 32.1 Å². The Hall–Kier alpha value is -2.09. The highest BCUT2D eigenvalue weighted by atomic mass is 32.1. The lowest BCUT2D eigenvalue weighted by atomic mass is 9.95. The molecule has 134 valence electrons. The first kappa shape index (κ1) is 17.7. The number of benzene rings is 1. The van der Waals surface area contributed by atoms with Gasteiger partial charge in [-0.15, -0.1) is 0 Å². The van der Waals surface area contributed by atoms with Gasteiger partial charge in [-0.2, -0.15) is 0 Å². The number of nitrogens with one attached hydrogen (secondary N) is 1. The van der Waals surface area contributed by atoms with Gasteiger partial charge in [-0.3, -0.25) is 9.59 Å². The van der Waals surface area contributed by atoms with E-state index in [1.165, 1.54) is 6.07 Å². The Morgan fingerprint density at radius 1 is 1.32 bits per heavy atom. The number of halogens is 2. The summed E-state index contributed by atoms with van der Waals surface area (Å²) < 4.78 is 27.3. The van der Waals surface area contributed by atoms with Crippen LogP contribution in [0.25, 0.3) is 10.2 Å². The fourth-order valence-corrected chi connectivity index (χ4v) is 3.76. The highest BCUT2D eigenvalue weighted by Crippen LogP contribution is 2.30. The van der Waals surface area contributed by atoms with Crippen molar-refractivity contribution in [3.63, 3.8) is 0 Å². The molecule has 0 spiro atoms. The molecule has 8 heteroatoms. The van der Waals surface area contributed by atoms with Gasteiger partial charge in [0.05, 0.1) is 10.6 Å². The number of thiazole rings is 1. The average Bonchev–Trinajstić information content (AvgIpc) is 3.12. The van der Waals surface area contributed by atoms with E-state index in [0.717, 1.165) is 17.4 Å². The first-order valence-corrected chi connectivity index (χ1v) is 8.82. The quantitative estimate of drug-likeness (QED) is 0.885. The van der Waals surface area contributed by atoms with E-state index in [1.807, 2.05) is 20.8 Å². The lowest BCUT2D eigenvalue weighted by Crippen LogP contribution is -2.38. The monoisotopic (exact) mass is 367 g/mol. The highest BCUT2D eigenvalue weighted by Gasteiger charge is 2.35. The number of carbonyl (C=O) groups excluding carboxylic acids is 2. The van der Waals surface area contributed by atoms with Gasteiger partial charge in [0, 0.05) is 24.6 Å². The molecule has 1 aromatic carbocycles. The third-order valence-electron chi connectivity index (χ3n) is 4.13. The van der Waals surface area contributed by atoms with Gasteiger partial charge in [0.2, 0.25) is 11.8 Å². The summed E-state index contributed by atoms with van der Waals surface area (Å²) in [7, 11) is 0. The molecule has 1 N–H and O–H groups in total. The zero-order chi connectivity index (χ0) is 18.4. The Labute approximate surface area is 148 Å². The van der Waals surface area contributed by atoms with Crippen LogP contribution in [0.2, 0.25) is 0 Å². The molecular weight excluding hydrogens is 348 g/mol. The second kappa shape index (κ2) is 6.33. The summed E-state index contributed by atoms with van der Waals surface area (Å²) in [4.78, 5) is 30.4. The highest BCUT2D eigenvalue weighted by molar-refractivity contribution is 7.22. The van der Waals surface area contributed by atoms with Crippen molar-refractivity contribution in [1.82, 2.24) is 9.88 Å². The third-order valence-corrected chi connectivity index (χ3v) is 5.05. The van der Waals surface area contributed by atoms with Crippen LogP contribution in [0.3, 0.4) is 0 Å². The van der Waals surface area contributed by atoms with Crippen LogP contribution in [0.5, 0.6) is 0 Å². The number of anilines is 1. The summed E-state index contributed by atoms with van der Waals surface area (Å²) in [5, 5.41) is 2.89. The maximum absolute atomic E-state index is 13.7. The third kappa shape index (κ3) is 3.63. The summed E-state index contributed by atoms with van der Waals surface area (Å²) in [5.74, 6) is -2.02. The Morgan fingerprint density at radius 2 is 2.04 bits per heavy atom. The average molecular weight is 367 g/mol. The molecule has 1 saturated heterocycles. The minimum atomic E-state index is -0.755. The Morgan fingerprint density at radius 3 is 2.72 bits per heavy atom. The number of likely N-dealkylation sites (tertiary alicyclic amines) is 1. The number of rotatable bonds is 2. The molecular formula is C17H19F2N3O2S. The summed E-state index contributed by atoms with van der Waals surface area (Å²) in [6.07, 6.45) is 0.571. The molecule has 0 radical (unpaired) electrons. The number of fused-ring (bicyclic) bond motifs is 1. The van der Waals surface area contributed by atoms with Gasteiger partial charge in [0.15, 0.2) is 10.9 Å². The fourth-order valence-electron chi connectivity index (χ4n) is 2.85. The van der Waals surface area contributed by atoms with E-state index in [4.69, 9.17) is 0 Å². The van der Waals surface area contributed by atoms with E-state index < -0.39 is 17.0 Å². The Kier molecular flexibility index (Phi) is 4.49. The molecule has 1 fully saturated rings. The van der Waals surface area contributed by atoms with Gasteiger partial charge in [-0.05, 0) is 12.5 Å². The predicted molar refractivity (Wildman–Crippen MR) is 92.3 cm³/mol. The lowest BCUT2D eigenvalue weighted by molar-refractivity contribution is -0.138. The van der Waals surface area contributed by atoms with E-state index in [-0.39, 0.29) is 28.4 Å². The molecule has 2 aromatic rings. The number of nitrogens with zero attached hydrogens (tertiary/aromatic N) is 2. The number of hydrogen-bond donors (Lipinski definition) is 1. The van der Waals surface area contributed by atoms with Gasteiger partial charge in [0.25, 0.3) is 0 Å². The SMILES string of the molecule is CC(C)(C)C(=O)N1CCC(C(=O)Nc2nc3c(F)cc(F)cc3s2)C1. The summed E-state index contributed by atoms with van der Waals surface area (Å²) in [6, 6.07) is 1.95. The van der Waals surface area contributed by atoms with Crippen LogP contribution < -0.4 is 5.32 Å². The van der Waals surface area contributed by atoms with Gasteiger partial charge >= 0.3 is 0 Å². The molecule has 1 atom stereocenters. The standard InChI is InChI=1S/C17H19F2N3O2S/c1-17(2,3)15(24)22-5-4-9(8-22)14(23)21-16-20-13-11(19)6-10(18)7-12(13)25-16/h6-7,9H,4-5,8H2,1-3H3,(H,20,21,23). The number of carbonyl (C=O) groups is 2. The minimum absolute atomic E-state index is 0.0142. The first-order valence-electron chi connectivity index (χ1n) is 8.01. The predicted octanol–water partition coefficient (Wildman–Crippen LogP) is 3.41. The molecule has 1 aliphatic heterocycles. The summed E-state index contributed by atoms with van der Waals surface area (Å²) in [6.45, 7) is 6.43. The van der Waals surface area contributed by atoms with E-state index in [1.54, 1.807) is 4.90 Å². The van der Waals surface area contributed by atoms with E-state index in [0.29, 0.717) is 24.2 Å². The first-order chi connectivity index (χ1) is 11.6. The molecule has 1 aliphatic rings. The van der Waals surface area contributed by atoms with Gasteiger partial charge in [0.1, 0.15) is 11.3 Å². The van der Waals surface area contributed by atoms with Gasteiger partial charge < -0.3 is 10.2 Å². The second-order valence-corrected chi connectivity index (χ2v) is 8.26. The molecule has 0 saturated carbocycles. The van der Waals surface area contributed by atoms with Crippen molar-refractivity contribution in [2.75, 3.05) is 18.4 Å². The van der Waals surface area contributed by atoms with Crippen molar-refractivity contribution < 1.29 is 18.4 Å². The lowest BCUT2D eigenvalue weighted by Gasteiger charge is -2.25. The number of aromatic nitrogens is 1. The van der Waals surface area contributed by atoms with E-state index >= 15 is 0 Å². The number of hydrogen-bond acceptors (Lipinski definition) is 4. The number of amides is 2. The zero-order valence-electron chi connectivity index (χ0n) is 14.2. The second-order valence-electron chi connectivity index (χ2n) is 7.23. The van der Waals surface area contributed by atoms with Crippen LogP contribution in [-0.4, -0.2) is 34.8 Å². The van der Waals surface area contributed by atoms with Crippen molar-refractivity contribution in [3.8, 4) is 0 Å². The van der Waals surface area contributed by atoms with Crippen LogP contribution in [0.1, 0.15) is 27.2 Å². The minimum Gasteiger partial charge on any atom is -0.341 e. The molecule has 2 heterocycles. The van der Waals surface area contributed by atoms with Crippen LogP contribution >= 0.6 is 11.3 Å². The molecule has 5 nitrogen and oxygen atoms in total. The van der Waals surface area contributed by atoms with Crippen molar-refractivity contribution in [2.45, 2.75) is 27.2 Å². The van der Waals surface area contributed by atoms with Crippen LogP contribution in [0, 0.1) is 23.0 Å². The Bertz CT molecular complexity index is 844. The van der Waals surface area contributed by atoms with E-state index in [9.17, 15) is 18.4 Å². The summed E-state index contributed by atoms with van der Waals surface area (Å²) >= 11 is 1.02. The van der Waals surface area contributed by atoms with Crippen molar-refractivity contribution in [1.29, 1.82) is 0 Å². The van der Waals surface area contributed by atoms with Crippen LogP contribution in [0.15, 0.2) is 12.1 Å². The normalized spacial score (nSPS) is 18.0. The molecule has 1 aromatic heterocycles. The molecule has 25 heavy (non-hydrogen) atoms. The molecule has 0 aliphatic carbocycles. The van der Waals surface area contributed by atoms with Crippen LogP contribution in [-0.2, 0) is 9.59 Å². The maximum atomic E-state index is 13.7. The van der Waals surface area contributed by atoms with Gasteiger partial charge in [-0.25, -0.2) is 13.8 Å². The van der Waals surface area contributed by atoms with Crippen molar-refractivity contribution in [2.24, 2.45) is 11.3 Å². The zero-order valence-corrected chi connectivity index (χ0v) is 15.0. The fraction of sp³-hybridized carbons (Fsp3) is 0.471. The molecule has 3 rings (SSSR count). The smallest absolute Gasteiger partial charge is 0.231 e. The van der Waals surface area contributed by atoms with Crippen molar-refractivity contribution >= 4 is 38.5 Å². The topological polar surface area (TPSA) is 62.3 Å². The van der Waals surface area contributed by atoms with Crippen molar-refractivity contribution in [3.05, 3.63) is 23.8 Å². The molecule has 2 amide bonds. The van der Waals surface area contributed by atoms with Crippen LogP contribution in [0.4, 0.5) is 13.9 Å². The molecule has 0 bridgehead atoms. The molecule has 1 unspecified atom stereocenters. The summed E-state index contributed by atoms with van der Waals surface area (Å²) in [5.41, 5.74) is -0.447. The maximum Gasteiger partial charge on any atom is 0.231 e. The van der Waals surface area contributed by atoms with E-state index in [2.05, 4.69) is 10.3 Å². The Balaban J connectivity index is 1.69. The largest absolute Gasteiger partial charge is 0.341 e.